The zero-order chi connectivity index (χ0) is 9.84. The Labute approximate surface area is 80.4 Å². The number of rotatable bonds is 3. The van der Waals surface area contributed by atoms with Crippen LogP contribution < -0.4 is 0 Å². The molecule has 0 bridgehead atoms. The number of aryl methyl sites for hydroxylation is 2. The molecule has 0 spiro atoms. The third kappa shape index (κ3) is 2.56. The Morgan fingerprint density at radius 3 is 2.46 bits per heavy atom. The molecule has 0 aliphatic rings. The van der Waals surface area contributed by atoms with Gasteiger partial charge in [0.15, 0.2) is 0 Å². The molecule has 0 heterocycles. The Hall–Kier alpha value is -0.820. The summed E-state index contributed by atoms with van der Waals surface area (Å²) < 4.78 is 0. The molecule has 72 valence electrons. The summed E-state index contributed by atoms with van der Waals surface area (Å²) in [6.45, 7) is 6.68. The van der Waals surface area contributed by atoms with Gasteiger partial charge in [-0.15, -0.1) is 0 Å². The molecule has 1 N–H and O–H groups in total. The van der Waals surface area contributed by atoms with Crippen LogP contribution in [0.1, 0.15) is 36.0 Å². The highest BCUT2D eigenvalue weighted by Gasteiger charge is 2.04. The molecule has 0 amide bonds. The van der Waals surface area contributed by atoms with Crippen LogP contribution in [0.5, 0.6) is 0 Å². The highest BCUT2D eigenvalue weighted by atomic mass is 16.3. The molecule has 0 unspecified atom stereocenters. The molecule has 0 aliphatic carbocycles. The molecule has 1 rings (SSSR count). The van der Waals surface area contributed by atoms with Gasteiger partial charge in [-0.25, -0.2) is 0 Å². The normalized spacial score (nSPS) is 12.9. The van der Waals surface area contributed by atoms with Crippen molar-refractivity contribution in [2.75, 3.05) is 6.61 Å². The van der Waals surface area contributed by atoms with Gasteiger partial charge in [0.2, 0.25) is 0 Å². The lowest BCUT2D eigenvalue weighted by Gasteiger charge is -2.11. The maximum absolute atomic E-state index is 8.82. The molecule has 0 radical (unpaired) electrons. The van der Waals surface area contributed by atoms with Crippen molar-refractivity contribution in [3.63, 3.8) is 0 Å². The van der Waals surface area contributed by atoms with Crippen molar-refractivity contribution >= 4 is 0 Å². The first-order valence-electron chi connectivity index (χ1n) is 4.83. The zero-order valence-corrected chi connectivity index (χ0v) is 8.67. The van der Waals surface area contributed by atoms with E-state index in [2.05, 4.69) is 39.0 Å². The van der Waals surface area contributed by atoms with Gasteiger partial charge in [0.1, 0.15) is 0 Å². The van der Waals surface area contributed by atoms with Crippen molar-refractivity contribution < 1.29 is 5.11 Å². The van der Waals surface area contributed by atoms with Crippen LogP contribution in [-0.4, -0.2) is 11.7 Å². The third-order valence-electron chi connectivity index (χ3n) is 2.66. The van der Waals surface area contributed by atoms with Crippen LogP contribution in [0.25, 0.3) is 0 Å². The first-order chi connectivity index (χ1) is 6.15. The van der Waals surface area contributed by atoms with E-state index >= 15 is 0 Å². The molecule has 1 aromatic rings. The predicted molar refractivity (Wildman–Crippen MR) is 56.0 cm³/mol. The average molecular weight is 178 g/mol. The van der Waals surface area contributed by atoms with Crippen LogP contribution in [-0.2, 0) is 0 Å². The van der Waals surface area contributed by atoms with Crippen LogP contribution in [0.15, 0.2) is 18.2 Å². The standard InChI is InChI=1S/C12H18O/c1-9-4-5-12(8-11(9)3)10(2)6-7-13/h4-5,8,10,13H,6-7H2,1-3H3/t10-/m1/s1. The summed E-state index contributed by atoms with van der Waals surface area (Å²) in [5.41, 5.74) is 4.00. The molecule has 1 atom stereocenters. The van der Waals surface area contributed by atoms with Gasteiger partial charge < -0.3 is 5.11 Å². The number of aliphatic hydroxyl groups is 1. The molecule has 1 aromatic carbocycles. The van der Waals surface area contributed by atoms with Gasteiger partial charge in [0.05, 0.1) is 0 Å². The maximum Gasteiger partial charge on any atom is 0.0436 e. The molecule has 1 heteroatoms. The smallest absolute Gasteiger partial charge is 0.0436 e. The van der Waals surface area contributed by atoms with E-state index in [1.165, 1.54) is 16.7 Å². The van der Waals surface area contributed by atoms with Gasteiger partial charge >= 0.3 is 0 Å². The molecule has 0 saturated heterocycles. The largest absolute Gasteiger partial charge is 0.396 e. The van der Waals surface area contributed by atoms with E-state index in [0.29, 0.717) is 5.92 Å². The number of hydrogen-bond acceptors (Lipinski definition) is 1. The SMILES string of the molecule is Cc1ccc([C@H](C)CCO)cc1C. The summed E-state index contributed by atoms with van der Waals surface area (Å²) in [7, 11) is 0. The Morgan fingerprint density at radius 1 is 1.23 bits per heavy atom. The van der Waals surface area contributed by atoms with Crippen molar-refractivity contribution in [3.05, 3.63) is 34.9 Å². The first kappa shape index (κ1) is 10.3. The van der Waals surface area contributed by atoms with E-state index in [9.17, 15) is 0 Å². The second kappa shape index (κ2) is 4.43. The van der Waals surface area contributed by atoms with Crippen LogP contribution in [0.3, 0.4) is 0 Å². The summed E-state index contributed by atoms with van der Waals surface area (Å²) in [6.07, 6.45) is 0.850. The molecular weight excluding hydrogens is 160 g/mol. The highest BCUT2D eigenvalue weighted by molar-refractivity contribution is 5.31. The second-order valence-corrected chi connectivity index (χ2v) is 3.76. The fraction of sp³-hybridized carbons (Fsp3) is 0.500. The monoisotopic (exact) mass is 178 g/mol. The second-order valence-electron chi connectivity index (χ2n) is 3.76. The fourth-order valence-corrected chi connectivity index (χ4v) is 1.43. The van der Waals surface area contributed by atoms with Gasteiger partial charge in [0.25, 0.3) is 0 Å². The van der Waals surface area contributed by atoms with Crippen molar-refractivity contribution in [1.29, 1.82) is 0 Å². The number of benzene rings is 1. The van der Waals surface area contributed by atoms with Crippen LogP contribution in [0.4, 0.5) is 0 Å². The molecule has 0 fully saturated rings. The summed E-state index contributed by atoms with van der Waals surface area (Å²) in [5, 5.41) is 8.82. The fourth-order valence-electron chi connectivity index (χ4n) is 1.43. The highest BCUT2D eigenvalue weighted by Crippen LogP contribution is 2.20. The van der Waals surface area contributed by atoms with Crippen molar-refractivity contribution in [2.24, 2.45) is 0 Å². The lowest BCUT2D eigenvalue weighted by molar-refractivity contribution is 0.278. The predicted octanol–water partition coefficient (Wildman–Crippen LogP) is 2.79. The molecule has 13 heavy (non-hydrogen) atoms. The Balaban J connectivity index is 2.84. The molecule has 0 aliphatic heterocycles. The van der Waals surface area contributed by atoms with E-state index in [4.69, 9.17) is 5.11 Å². The van der Waals surface area contributed by atoms with E-state index in [1.54, 1.807) is 0 Å². The lowest BCUT2D eigenvalue weighted by Crippen LogP contribution is -1.97. The summed E-state index contributed by atoms with van der Waals surface area (Å²) in [6, 6.07) is 6.52. The number of aliphatic hydroxyl groups excluding tert-OH is 1. The molecule has 1 nitrogen and oxygen atoms in total. The van der Waals surface area contributed by atoms with Gasteiger partial charge in [0, 0.05) is 6.61 Å². The summed E-state index contributed by atoms with van der Waals surface area (Å²) in [4.78, 5) is 0. The molecular formula is C12H18O. The number of hydrogen-bond donors (Lipinski definition) is 1. The van der Waals surface area contributed by atoms with Gasteiger partial charge in [-0.1, -0.05) is 25.1 Å². The van der Waals surface area contributed by atoms with Crippen LogP contribution in [0, 0.1) is 13.8 Å². The van der Waals surface area contributed by atoms with Crippen molar-refractivity contribution in [3.8, 4) is 0 Å². The lowest BCUT2D eigenvalue weighted by atomic mass is 9.95. The minimum absolute atomic E-state index is 0.272. The van der Waals surface area contributed by atoms with E-state index in [0.717, 1.165) is 6.42 Å². The quantitative estimate of drug-likeness (QED) is 0.754. The summed E-state index contributed by atoms with van der Waals surface area (Å²) >= 11 is 0. The Morgan fingerprint density at radius 2 is 1.92 bits per heavy atom. The average Bonchev–Trinajstić information content (AvgIpc) is 2.10. The Bertz CT molecular complexity index is 278. The van der Waals surface area contributed by atoms with Crippen LogP contribution in [0.2, 0.25) is 0 Å². The van der Waals surface area contributed by atoms with E-state index in [1.807, 2.05) is 0 Å². The van der Waals surface area contributed by atoms with Crippen molar-refractivity contribution in [2.45, 2.75) is 33.1 Å². The first-order valence-corrected chi connectivity index (χ1v) is 4.83. The minimum atomic E-state index is 0.272. The summed E-state index contributed by atoms with van der Waals surface area (Å²) in [5.74, 6) is 0.462. The van der Waals surface area contributed by atoms with Gasteiger partial charge in [-0.3, -0.25) is 0 Å². The van der Waals surface area contributed by atoms with E-state index < -0.39 is 0 Å². The minimum Gasteiger partial charge on any atom is -0.396 e. The zero-order valence-electron chi connectivity index (χ0n) is 8.67. The molecule has 0 aromatic heterocycles. The van der Waals surface area contributed by atoms with Crippen molar-refractivity contribution in [1.82, 2.24) is 0 Å². The van der Waals surface area contributed by atoms with E-state index in [-0.39, 0.29) is 6.61 Å². The van der Waals surface area contributed by atoms with Gasteiger partial charge in [-0.05, 0) is 42.9 Å². The maximum atomic E-state index is 8.82. The topological polar surface area (TPSA) is 20.2 Å². The van der Waals surface area contributed by atoms with Crippen LogP contribution >= 0.6 is 0 Å². The van der Waals surface area contributed by atoms with Gasteiger partial charge in [-0.2, -0.15) is 0 Å². The third-order valence-corrected chi connectivity index (χ3v) is 2.66. The molecule has 0 saturated carbocycles. The Kier molecular flexibility index (Phi) is 3.49.